The zero-order valence-electron chi connectivity index (χ0n) is 24.0. The number of benzene rings is 4. The first-order chi connectivity index (χ1) is 20.2. The van der Waals surface area contributed by atoms with E-state index in [-0.39, 0.29) is 6.92 Å². The van der Waals surface area contributed by atoms with E-state index < -0.39 is 6.18 Å². The molecule has 0 amide bonds. The topological polar surface area (TPSA) is 62.4 Å². The summed E-state index contributed by atoms with van der Waals surface area (Å²) in [7, 11) is 0. The molecule has 4 N–H and O–H groups in total. The second-order valence-electron chi connectivity index (χ2n) is 9.53. The van der Waals surface area contributed by atoms with Crippen molar-refractivity contribution in [1.29, 1.82) is 0 Å². The highest BCUT2D eigenvalue weighted by Crippen LogP contribution is 2.29. The Labute approximate surface area is 246 Å². The number of rotatable bonds is 10. The molecule has 4 aromatic carbocycles. The van der Waals surface area contributed by atoms with E-state index >= 15 is 0 Å². The smallest absolute Gasteiger partial charge is 0.386 e. The predicted molar refractivity (Wildman–Crippen MR) is 170 cm³/mol. The molecule has 0 atom stereocenters. The van der Waals surface area contributed by atoms with Gasteiger partial charge in [-0.1, -0.05) is 117 Å². The van der Waals surface area contributed by atoms with E-state index in [1.165, 1.54) is 0 Å². The number of aliphatic imine (C=N–C) groups is 1. The normalized spacial score (nSPS) is 12.0. The van der Waals surface area contributed by atoms with Crippen molar-refractivity contribution in [3.8, 4) is 0 Å². The van der Waals surface area contributed by atoms with Crippen LogP contribution in [-0.2, 0) is 6.54 Å². The highest BCUT2D eigenvalue weighted by Gasteiger charge is 2.18. The van der Waals surface area contributed by atoms with Crippen LogP contribution < -0.4 is 16.4 Å². The number of anilines is 1. The van der Waals surface area contributed by atoms with Crippen LogP contribution in [0.4, 0.5) is 18.9 Å². The van der Waals surface area contributed by atoms with Gasteiger partial charge in [-0.25, -0.2) is 0 Å². The molecule has 0 fully saturated rings. The van der Waals surface area contributed by atoms with Gasteiger partial charge in [-0.3, -0.25) is 4.99 Å². The van der Waals surface area contributed by atoms with Crippen LogP contribution in [0.3, 0.4) is 0 Å². The fourth-order valence-electron chi connectivity index (χ4n) is 4.13. The van der Waals surface area contributed by atoms with Crippen LogP contribution in [0.2, 0.25) is 0 Å². The van der Waals surface area contributed by atoms with Gasteiger partial charge in [0.15, 0.2) is 0 Å². The van der Waals surface area contributed by atoms with Crippen LogP contribution in [-0.4, -0.2) is 18.6 Å². The number of nitrogens with zero attached hydrogens (tertiary/aromatic N) is 1. The number of halogens is 3. The number of hydrogen-bond acceptors (Lipinski definition) is 3. The molecule has 0 heterocycles. The molecule has 4 rings (SSSR count). The van der Waals surface area contributed by atoms with E-state index in [2.05, 4.69) is 72.7 Å². The third kappa shape index (κ3) is 10.3. The summed E-state index contributed by atoms with van der Waals surface area (Å²) in [5.74, 6) is 0.684. The molecule has 0 aliphatic rings. The number of allylic oxidation sites excluding steroid dienone is 1. The largest absolute Gasteiger partial charge is 0.398 e. The molecule has 4 aromatic rings. The van der Waals surface area contributed by atoms with Gasteiger partial charge in [0.2, 0.25) is 0 Å². The lowest BCUT2D eigenvalue weighted by Gasteiger charge is -2.22. The number of amidine groups is 1. The maximum absolute atomic E-state index is 10.4. The first-order valence-corrected chi connectivity index (χ1v) is 13.7. The Bertz CT molecular complexity index is 1460. The Kier molecular flexibility index (Phi) is 12.0. The first kappa shape index (κ1) is 31.7. The fraction of sp³-hybridized carbons (Fsp3) is 0.171. The summed E-state index contributed by atoms with van der Waals surface area (Å²) < 4.78 is 31.1. The second kappa shape index (κ2) is 15.9. The van der Waals surface area contributed by atoms with Crippen molar-refractivity contribution in [3.05, 3.63) is 150 Å². The highest BCUT2D eigenvalue weighted by atomic mass is 19.4. The molecule has 4 nitrogen and oxygen atoms in total. The molecule has 0 saturated carbocycles. The van der Waals surface area contributed by atoms with Crippen LogP contribution in [0.25, 0.3) is 11.3 Å². The van der Waals surface area contributed by atoms with Gasteiger partial charge >= 0.3 is 6.18 Å². The standard InChI is InChI=1S/C33H34N4.C2H3F3/c1-3-23-35-32(28-19-11-6-12-20-28)31(27-17-9-5-10-18-27)25(2)37-33(29-21-13-14-22-30(29)34)36-24-26-15-7-4-8-16-26;1-2(3,4)5/h4-22,35H,2-3,23-24,34H2,1H3,(H,36,37);1H3/b32-31+;. The average Bonchev–Trinajstić information content (AvgIpc) is 2.98. The molecule has 0 bridgehead atoms. The van der Waals surface area contributed by atoms with Gasteiger partial charge in [0, 0.05) is 36.0 Å². The van der Waals surface area contributed by atoms with Gasteiger partial charge in [0.05, 0.1) is 12.2 Å². The molecule has 218 valence electrons. The molecule has 0 aliphatic carbocycles. The lowest BCUT2D eigenvalue weighted by Crippen LogP contribution is -2.27. The first-order valence-electron chi connectivity index (χ1n) is 13.7. The number of nitrogens with two attached hydrogens (primary N) is 1. The molecule has 0 aromatic heterocycles. The van der Waals surface area contributed by atoms with Gasteiger partial charge in [-0.15, -0.1) is 0 Å². The molecule has 0 saturated heterocycles. The van der Waals surface area contributed by atoms with Crippen molar-refractivity contribution in [1.82, 2.24) is 10.6 Å². The van der Waals surface area contributed by atoms with E-state index in [0.29, 0.717) is 18.1 Å². The molecular formula is C35H37F3N4. The summed E-state index contributed by atoms with van der Waals surface area (Å²) in [5, 5.41) is 7.21. The van der Waals surface area contributed by atoms with Crippen LogP contribution in [0.1, 0.15) is 42.5 Å². The van der Waals surface area contributed by atoms with Gasteiger partial charge in [0.1, 0.15) is 5.84 Å². The van der Waals surface area contributed by atoms with Gasteiger partial charge in [0.25, 0.3) is 0 Å². The summed E-state index contributed by atoms with van der Waals surface area (Å²) in [5.41, 5.74) is 13.9. The lowest BCUT2D eigenvalue weighted by molar-refractivity contribution is -0.110. The van der Waals surface area contributed by atoms with Crippen LogP contribution in [0.5, 0.6) is 0 Å². The van der Waals surface area contributed by atoms with Crippen LogP contribution in [0, 0.1) is 0 Å². The number of para-hydroxylation sites is 1. The van der Waals surface area contributed by atoms with E-state index in [1.54, 1.807) is 0 Å². The van der Waals surface area contributed by atoms with Crippen molar-refractivity contribution < 1.29 is 13.2 Å². The summed E-state index contributed by atoms with van der Waals surface area (Å²) in [6.07, 6.45) is -3.00. The Hall–Kier alpha value is -4.78. The molecule has 0 aliphatic heterocycles. The van der Waals surface area contributed by atoms with Gasteiger partial charge in [-0.05, 0) is 35.2 Å². The number of nitrogens with one attached hydrogen (secondary N) is 2. The minimum atomic E-state index is -4.00. The molecule has 0 spiro atoms. The monoisotopic (exact) mass is 570 g/mol. The zero-order chi connectivity index (χ0) is 30.4. The van der Waals surface area contributed by atoms with Crippen molar-refractivity contribution in [2.24, 2.45) is 4.99 Å². The molecular weight excluding hydrogens is 533 g/mol. The zero-order valence-corrected chi connectivity index (χ0v) is 24.0. The number of nitrogen functional groups attached to an aromatic ring is 1. The van der Waals surface area contributed by atoms with E-state index in [9.17, 15) is 13.2 Å². The SMILES string of the molecule is C=C(NC(=NCc1ccccc1)c1ccccc1N)/C(=C(\NCCC)c1ccccc1)c1ccccc1.CC(F)(F)F. The van der Waals surface area contributed by atoms with Crippen LogP contribution >= 0.6 is 0 Å². The molecule has 0 radical (unpaired) electrons. The van der Waals surface area contributed by atoms with E-state index in [0.717, 1.165) is 52.2 Å². The van der Waals surface area contributed by atoms with Gasteiger partial charge < -0.3 is 16.4 Å². The summed E-state index contributed by atoms with van der Waals surface area (Å²) in [4.78, 5) is 4.96. The van der Waals surface area contributed by atoms with Crippen LogP contribution in [0.15, 0.2) is 133 Å². The van der Waals surface area contributed by atoms with Gasteiger partial charge in [-0.2, -0.15) is 13.2 Å². The maximum Gasteiger partial charge on any atom is 0.386 e. The summed E-state index contributed by atoms with van der Waals surface area (Å²) >= 11 is 0. The summed E-state index contributed by atoms with van der Waals surface area (Å²) in [6, 6.07) is 38.7. The maximum atomic E-state index is 10.4. The minimum absolute atomic E-state index is 0.188. The third-order valence-corrected chi connectivity index (χ3v) is 5.98. The summed E-state index contributed by atoms with van der Waals surface area (Å²) in [6.45, 7) is 8.22. The van der Waals surface area contributed by atoms with Crippen molar-refractivity contribution in [2.75, 3.05) is 12.3 Å². The number of alkyl halides is 3. The average molecular weight is 571 g/mol. The molecule has 42 heavy (non-hydrogen) atoms. The Morgan fingerprint density at radius 3 is 1.83 bits per heavy atom. The highest BCUT2D eigenvalue weighted by molar-refractivity contribution is 6.07. The predicted octanol–water partition coefficient (Wildman–Crippen LogP) is 8.46. The van der Waals surface area contributed by atoms with E-state index in [4.69, 9.17) is 10.7 Å². The lowest BCUT2D eigenvalue weighted by atomic mass is 9.96. The van der Waals surface area contributed by atoms with Crippen molar-refractivity contribution in [2.45, 2.75) is 33.0 Å². The number of hydrogen-bond donors (Lipinski definition) is 3. The molecule has 0 unspecified atom stereocenters. The minimum Gasteiger partial charge on any atom is -0.398 e. The quantitative estimate of drug-likeness (QED) is 0.0589. The third-order valence-electron chi connectivity index (χ3n) is 5.98. The van der Waals surface area contributed by atoms with E-state index in [1.807, 2.05) is 66.7 Å². The van der Waals surface area contributed by atoms with Crippen molar-refractivity contribution >= 4 is 22.8 Å². The Balaban J connectivity index is 0.000000892. The fourth-order valence-corrected chi connectivity index (χ4v) is 4.13. The Morgan fingerprint density at radius 2 is 1.29 bits per heavy atom. The second-order valence-corrected chi connectivity index (χ2v) is 9.53. The molecule has 7 heteroatoms. The van der Waals surface area contributed by atoms with Crippen molar-refractivity contribution in [3.63, 3.8) is 0 Å². The Morgan fingerprint density at radius 1 is 0.786 bits per heavy atom.